The van der Waals surface area contributed by atoms with E-state index in [4.69, 9.17) is 0 Å². The molecule has 1 aromatic carbocycles. The number of aromatic nitrogens is 1. The number of likely N-dealkylation sites (tertiary alicyclic amines) is 1. The van der Waals surface area contributed by atoms with Crippen LogP contribution in [-0.4, -0.2) is 58.4 Å². The molecule has 2 aliphatic heterocycles. The van der Waals surface area contributed by atoms with Gasteiger partial charge in [-0.3, -0.25) is 14.6 Å². The Morgan fingerprint density at radius 3 is 2.66 bits per heavy atom. The lowest BCUT2D eigenvalue weighted by atomic mass is 9.89. The van der Waals surface area contributed by atoms with Gasteiger partial charge in [0, 0.05) is 26.9 Å². The number of carbonyl (C=O) groups excluding carboxylic acids is 2. The molecular formula is C26H29FIN5O2. The van der Waals surface area contributed by atoms with Crippen molar-refractivity contribution < 1.29 is 14.0 Å². The van der Waals surface area contributed by atoms with Gasteiger partial charge in [0.15, 0.2) is 5.82 Å². The van der Waals surface area contributed by atoms with Crippen molar-refractivity contribution in [3.63, 3.8) is 0 Å². The molecule has 0 spiro atoms. The van der Waals surface area contributed by atoms with Crippen LogP contribution >= 0.6 is 22.6 Å². The van der Waals surface area contributed by atoms with Crippen LogP contribution in [0.25, 0.3) is 5.70 Å². The van der Waals surface area contributed by atoms with Gasteiger partial charge in [-0.25, -0.2) is 19.1 Å². The zero-order valence-corrected chi connectivity index (χ0v) is 21.9. The van der Waals surface area contributed by atoms with Gasteiger partial charge in [0.1, 0.15) is 5.82 Å². The van der Waals surface area contributed by atoms with Crippen molar-refractivity contribution in [1.29, 1.82) is 0 Å². The smallest absolute Gasteiger partial charge is 0.335 e. The number of hydrogen-bond donors (Lipinski definition) is 1. The first-order chi connectivity index (χ1) is 16.8. The first-order valence-electron chi connectivity index (χ1n) is 12.1. The van der Waals surface area contributed by atoms with E-state index in [1.54, 1.807) is 9.80 Å². The van der Waals surface area contributed by atoms with Gasteiger partial charge in [-0.15, -0.1) is 0 Å². The molecule has 0 unspecified atom stereocenters. The number of urea groups is 1. The second-order valence-corrected chi connectivity index (χ2v) is 10.8. The van der Waals surface area contributed by atoms with Crippen molar-refractivity contribution in [2.45, 2.75) is 56.7 Å². The Bertz CT molecular complexity index is 1170. The molecule has 1 saturated carbocycles. The topological polar surface area (TPSA) is 68.8 Å². The van der Waals surface area contributed by atoms with E-state index in [9.17, 15) is 14.0 Å². The summed E-state index contributed by atoms with van der Waals surface area (Å²) in [5.41, 5.74) is 1.67. The Morgan fingerprint density at radius 2 is 1.97 bits per heavy atom. The Kier molecular flexibility index (Phi) is 6.80. The molecule has 3 amide bonds. The first-order valence-corrected chi connectivity index (χ1v) is 13.2. The number of anilines is 2. The van der Waals surface area contributed by atoms with Crippen molar-refractivity contribution in [3.05, 3.63) is 58.1 Å². The summed E-state index contributed by atoms with van der Waals surface area (Å²) in [6, 6.07) is 8.73. The first kappa shape index (κ1) is 24.2. The standard InChI is InChI=1S/C26H29FIN5O2/c1-16-22-13-17(27)15-29-24(22)33(21-6-3-5-18(28)14-21)26(35)32(16)20-10-8-19(9-11-20)30-25(34)23-7-4-12-31(23)2/h3,5-6,13-15,19-20,23H,1,4,7-12H2,2H3,(H,30,34)/t19?,20?,23-/m1/s1. The van der Waals surface area contributed by atoms with Gasteiger partial charge in [0.25, 0.3) is 0 Å². The molecule has 1 saturated heterocycles. The highest BCUT2D eigenvalue weighted by Crippen LogP contribution is 2.41. The summed E-state index contributed by atoms with van der Waals surface area (Å²) in [7, 11) is 2.00. The van der Waals surface area contributed by atoms with Crippen molar-refractivity contribution in [3.8, 4) is 0 Å². The number of benzene rings is 1. The summed E-state index contributed by atoms with van der Waals surface area (Å²) in [5, 5.41) is 3.22. The van der Waals surface area contributed by atoms with Crippen molar-refractivity contribution >= 4 is 51.7 Å². The van der Waals surface area contributed by atoms with Gasteiger partial charge in [0.2, 0.25) is 5.91 Å². The molecule has 0 radical (unpaired) electrons. The molecule has 35 heavy (non-hydrogen) atoms. The van der Waals surface area contributed by atoms with Crippen LogP contribution in [0.3, 0.4) is 0 Å². The molecule has 5 rings (SSSR count). The number of nitrogens with zero attached hydrogens (tertiary/aromatic N) is 4. The van der Waals surface area contributed by atoms with Crippen LogP contribution in [0.5, 0.6) is 0 Å². The lowest BCUT2D eigenvalue weighted by Gasteiger charge is -2.43. The van der Waals surface area contributed by atoms with Crippen molar-refractivity contribution in [1.82, 2.24) is 20.1 Å². The number of pyridine rings is 1. The maximum absolute atomic E-state index is 14.2. The summed E-state index contributed by atoms with van der Waals surface area (Å²) in [5.74, 6) is 0.0265. The summed E-state index contributed by atoms with van der Waals surface area (Å²) >= 11 is 2.21. The number of rotatable bonds is 4. The molecule has 3 heterocycles. The Morgan fingerprint density at radius 1 is 1.20 bits per heavy atom. The van der Waals surface area contributed by atoms with Crippen molar-refractivity contribution in [2.75, 3.05) is 18.5 Å². The average molecular weight is 589 g/mol. The van der Waals surface area contributed by atoms with Gasteiger partial charge < -0.3 is 5.32 Å². The van der Waals surface area contributed by atoms with E-state index < -0.39 is 5.82 Å². The highest BCUT2D eigenvalue weighted by atomic mass is 127. The Hall–Kier alpha value is -2.53. The van der Waals surface area contributed by atoms with Gasteiger partial charge >= 0.3 is 6.03 Å². The number of nitrogens with one attached hydrogen (secondary N) is 1. The van der Waals surface area contributed by atoms with Crippen LogP contribution in [0.2, 0.25) is 0 Å². The molecule has 9 heteroatoms. The van der Waals surface area contributed by atoms with Crippen LogP contribution in [0.15, 0.2) is 43.1 Å². The second kappa shape index (κ2) is 9.85. The summed E-state index contributed by atoms with van der Waals surface area (Å²) in [4.78, 5) is 36.2. The third-order valence-electron chi connectivity index (χ3n) is 7.34. The molecular weight excluding hydrogens is 560 g/mol. The molecule has 7 nitrogen and oxygen atoms in total. The van der Waals surface area contributed by atoms with Crippen LogP contribution in [0, 0.1) is 9.39 Å². The fourth-order valence-corrected chi connectivity index (χ4v) is 6.03. The lowest BCUT2D eigenvalue weighted by Crippen LogP contribution is -2.52. The maximum atomic E-state index is 14.2. The molecule has 1 N–H and O–H groups in total. The van der Waals surface area contributed by atoms with E-state index in [2.05, 4.69) is 44.4 Å². The fourth-order valence-electron chi connectivity index (χ4n) is 5.51. The number of likely N-dealkylation sites (N-methyl/N-ethyl adjacent to an activating group) is 1. The number of hydrogen-bond acceptors (Lipinski definition) is 4. The summed E-state index contributed by atoms with van der Waals surface area (Å²) in [6.07, 6.45) is 6.10. The van der Waals surface area contributed by atoms with Gasteiger partial charge in [-0.2, -0.15) is 0 Å². The van der Waals surface area contributed by atoms with Crippen molar-refractivity contribution in [2.24, 2.45) is 0 Å². The number of carbonyl (C=O) groups is 2. The van der Waals surface area contributed by atoms with E-state index >= 15 is 0 Å². The Labute approximate surface area is 218 Å². The van der Waals surface area contributed by atoms with E-state index in [0.717, 1.165) is 54.8 Å². The lowest BCUT2D eigenvalue weighted by molar-refractivity contribution is -0.126. The number of halogens is 2. The predicted molar refractivity (Wildman–Crippen MR) is 142 cm³/mol. The van der Waals surface area contributed by atoms with Crippen LogP contribution in [0.4, 0.5) is 20.7 Å². The molecule has 2 fully saturated rings. The summed E-state index contributed by atoms with van der Waals surface area (Å²) < 4.78 is 15.2. The van der Waals surface area contributed by atoms with E-state index in [0.29, 0.717) is 22.8 Å². The van der Waals surface area contributed by atoms with Gasteiger partial charge in [-0.05, 0) is 99.0 Å². The SMILES string of the molecule is C=C1c2cc(F)cnc2N(c2cccc(I)c2)C(=O)N1C1CCC(NC(=O)[C@H]2CCCN2C)CC1. The normalized spacial score (nSPS) is 25.1. The number of fused-ring (bicyclic) bond motifs is 1. The molecule has 1 aliphatic carbocycles. The molecule has 0 bridgehead atoms. The monoisotopic (exact) mass is 589 g/mol. The molecule has 3 aliphatic rings. The van der Waals surface area contributed by atoms with E-state index in [1.165, 1.54) is 6.07 Å². The predicted octanol–water partition coefficient (Wildman–Crippen LogP) is 4.89. The third kappa shape index (κ3) is 4.67. The van der Waals surface area contributed by atoms with Crippen LogP contribution in [0.1, 0.15) is 44.1 Å². The zero-order valence-electron chi connectivity index (χ0n) is 19.7. The molecule has 184 valence electrons. The fraction of sp³-hybridized carbons (Fsp3) is 0.423. The number of amides is 3. The minimum Gasteiger partial charge on any atom is -0.352 e. The van der Waals surface area contributed by atoms with Gasteiger partial charge in [-0.1, -0.05) is 12.6 Å². The second-order valence-electron chi connectivity index (χ2n) is 9.59. The van der Waals surface area contributed by atoms with Gasteiger partial charge in [0.05, 0.1) is 17.9 Å². The highest BCUT2D eigenvalue weighted by Gasteiger charge is 2.41. The summed E-state index contributed by atoms with van der Waals surface area (Å²) in [6.45, 7) is 5.13. The van der Waals surface area contributed by atoms with Crippen LogP contribution < -0.4 is 10.2 Å². The molecule has 2 aromatic rings. The third-order valence-corrected chi connectivity index (χ3v) is 8.01. The Balaban J connectivity index is 1.36. The zero-order chi connectivity index (χ0) is 24.7. The van der Waals surface area contributed by atoms with Crippen LogP contribution in [-0.2, 0) is 4.79 Å². The minimum atomic E-state index is -0.468. The minimum absolute atomic E-state index is 0.0442. The van der Waals surface area contributed by atoms with E-state index in [1.807, 2.05) is 31.3 Å². The largest absolute Gasteiger partial charge is 0.352 e. The highest BCUT2D eigenvalue weighted by molar-refractivity contribution is 14.1. The average Bonchev–Trinajstić information content (AvgIpc) is 3.27. The molecule has 1 atom stereocenters. The quantitative estimate of drug-likeness (QED) is 0.516. The molecule has 1 aromatic heterocycles. The van der Waals surface area contributed by atoms with E-state index in [-0.39, 0.29) is 30.1 Å². The maximum Gasteiger partial charge on any atom is 0.335 e.